The Labute approximate surface area is 192 Å². The van der Waals surface area contributed by atoms with Crippen molar-refractivity contribution in [2.24, 2.45) is 0 Å². The van der Waals surface area contributed by atoms with E-state index < -0.39 is 41.5 Å². The van der Waals surface area contributed by atoms with Gasteiger partial charge in [0.15, 0.2) is 0 Å². The van der Waals surface area contributed by atoms with E-state index in [-0.39, 0.29) is 0 Å². The monoisotopic (exact) mass is 462 g/mol. The molecule has 0 amide bonds. The van der Waals surface area contributed by atoms with E-state index in [0.29, 0.717) is 12.8 Å². The Bertz CT molecular complexity index is 546. The van der Waals surface area contributed by atoms with Crippen molar-refractivity contribution in [1.29, 1.82) is 0 Å². The van der Waals surface area contributed by atoms with Crippen molar-refractivity contribution in [3.8, 4) is 0 Å². The fraction of sp³-hybridized carbons (Fsp3) is 0.783. The van der Waals surface area contributed by atoms with Crippen LogP contribution in [0.1, 0.15) is 82.1 Å². The average Bonchev–Trinajstić information content (AvgIpc) is 2.67. The van der Waals surface area contributed by atoms with E-state index in [4.69, 9.17) is 38.5 Å². The van der Waals surface area contributed by atoms with Crippen LogP contribution in [0.25, 0.3) is 0 Å². The van der Waals surface area contributed by atoms with Crippen LogP contribution in [-0.2, 0) is 38.5 Å². The van der Waals surface area contributed by atoms with Crippen molar-refractivity contribution in [3.63, 3.8) is 0 Å². The lowest BCUT2D eigenvalue weighted by molar-refractivity contribution is -0.434. The van der Waals surface area contributed by atoms with Crippen LogP contribution in [0.2, 0.25) is 0 Å². The van der Waals surface area contributed by atoms with Gasteiger partial charge in [-0.1, -0.05) is 27.0 Å². The Kier molecular flexibility index (Phi) is 12.1. The first-order valence-corrected chi connectivity index (χ1v) is 10.7. The third-order valence-corrected chi connectivity index (χ3v) is 4.28. The molecule has 0 aromatic rings. The SMILES string of the molecule is C=CC(OOC(C)(C)CC)OC(C)(C)OC(=O)OC(C)(C)OC(C=C)OOC(C)(C)CC. The summed E-state index contributed by atoms with van der Waals surface area (Å²) in [5.41, 5.74) is -1.04. The van der Waals surface area contributed by atoms with E-state index in [1.807, 2.05) is 41.5 Å². The molecule has 9 nitrogen and oxygen atoms in total. The quantitative estimate of drug-likeness (QED) is 0.0908. The predicted molar refractivity (Wildman–Crippen MR) is 119 cm³/mol. The smallest absolute Gasteiger partial charge is 0.402 e. The molecule has 0 aliphatic rings. The van der Waals surface area contributed by atoms with Crippen LogP contribution >= 0.6 is 0 Å². The van der Waals surface area contributed by atoms with E-state index in [9.17, 15) is 4.79 Å². The second-order valence-electron chi connectivity index (χ2n) is 9.28. The lowest BCUT2D eigenvalue weighted by Gasteiger charge is -2.33. The highest BCUT2D eigenvalue weighted by Crippen LogP contribution is 2.24. The van der Waals surface area contributed by atoms with Gasteiger partial charge >= 0.3 is 6.16 Å². The van der Waals surface area contributed by atoms with Crippen LogP contribution in [0.4, 0.5) is 4.79 Å². The minimum atomic E-state index is -1.42. The van der Waals surface area contributed by atoms with Gasteiger partial charge in [0, 0.05) is 27.7 Å². The average molecular weight is 463 g/mol. The van der Waals surface area contributed by atoms with Crippen molar-refractivity contribution >= 4 is 6.16 Å². The summed E-state index contributed by atoms with van der Waals surface area (Å²) in [6, 6.07) is 0. The molecule has 0 aromatic heterocycles. The second kappa shape index (κ2) is 12.7. The van der Waals surface area contributed by atoms with Gasteiger partial charge in [-0.15, -0.1) is 0 Å². The molecule has 0 saturated heterocycles. The summed E-state index contributed by atoms with van der Waals surface area (Å²) in [6.07, 6.45) is 1.19. The summed E-state index contributed by atoms with van der Waals surface area (Å²) in [6.45, 7) is 24.7. The third-order valence-electron chi connectivity index (χ3n) is 4.28. The molecule has 2 atom stereocenters. The van der Waals surface area contributed by atoms with Crippen molar-refractivity contribution in [1.82, 2.24) is 0 Å². The molecule has 9 heteroatoms. The van der Waals surface area contributed by atoms with Crippen LogP contribution in [0.5, 0.6) is 0 Å². The van der Waals surface area contributed by atoms with Crippen LogP contribution < -0.4 is 0 Å². The van der Waals surface area contributed by atoms with Gasteiger partial charge in [0.2, 0.25) is 24.2 Å². The van der Waals surface area contributed by atoms with Gasteiger partial charge in [-0.2, -0.15) is 9.78 Å². The zero-order valence-corrected chi connectivity index (χ0v) is 21.3. The van der Waals surface area contributed by atoms with Gasteiger partial charge in [0.1, 0.15) is 0 Å². The summed E-state index contributed by atoms with van der Waals surface area (Å²) in [5, 5.41) is 0. The Morgan fingerprint density at radius 2 is 1.03 bits per heavy atom. The van der Waals surface area contributed by atoms with Crippen molar-refractivity contribution in [2.45, 2.75) is 117 Å². The summed E-state index contributed by atoms with van der Waals surface area (Å²) < 4.78 is 21.8. The molecule has 2 unspecified atom stereocenters. The summed E-state index contributed by atoms with van der Waals surface area (Å²) in [7, 11) is 0. The molecule has 0 aliphatic heterocycles. The molecule has 0 heterocycles. The van der Waals surface area contributed by atoms with Crippen LogP contribution in [0.15, 0.2) is 25.3 Å². The fourth-order valence-corrected chi connectivity index (χ4v) is 1.72. The highest BCUT2D eigenvalue weighted by Gasteiger charge is 2.34. The summed E-state index contributed by atoms with van der Waals surface area (Å²) in [5.74, 6) is -2.84. The van der Waals surface area contributed by atoms with Gasteiger partial charge in [-0.3, -0.25) is 0 Å². The maximum absolute atomic E-state index is 12.3. The van der Waals surface area contributed by atoms with E-state index in [1.54, 1.807) is 0 Å². The standard InChI is InChI=1S/C23H42O9/c1-13-17(29-31-20(5,6)15-3)25-22(9,10)27-19(24)28-23(11,12)26-18(14-2)30-32-21(7,8)16-4/h13-14,17-18H,1-2,15-16H2,3-12H3. The van der Waals surface area contributed by atoms with Gasteiger partial charge in [0.25, 0.3) is 0 Å². The molecule has 0 rings (SSSR count). The van der Waals surface area contributed by atoms with Crippen molar-refractivity contribution < 1.29 is 43.3 Å². The second-order valence-corrected chi connectivity index (χ2v) is 9.28. The van der Waals surface area contributed by atoms with Crippen LogP contribution in [-0.4, -0.2) is 41.5 Å². The van der Waals surface area contributed by atoms with Gasteiger partial charge < -0.3 is 18.9 Å². The minimum absolute atomic E-state index is 0.518. The largest absolute Gasteiger partial charge is 0.513 e. The molecule has 0 aliphatic carbocycles. The first-order valence-electron chi connectivity index (χ1n) is 10.7. The highest BCUT2D eigenvalue weighted by atomic mass is 17.2. The first kappa shape index (κ1) is 30.5. The van der Waals surface area contributed by atoms with E-state index in [0.717, 1.165) is 0 Å². The molecule has 0 spiro atoms. The molecular weight excluding hydrogens is 420 g/mol. The zero-order chi connectivity index (χ0) is 25.2. The van der Waals surface area contributed by atoms with Crippen LogP contribution in [0, 0.1) is 0 Å². The topological polar surface area (TPSA) is 90.9 Å². The fourth-order valence-electron chi connectivity index (χ4n) is 1.72. The lowest BCUT2D eigenvalue weighted by atomic mass is 10.1. The zero-order valence-electron chi connectivity index (χ0n) is 21.3. The molecule has 0 saturated carbocycles. The number of rotatable bonds is 16. The van der Waals surface area contributed by atoms with Gasteiger partial charge in [-0.05, 0) is 52.7 Å². The molecule has 32 heavy (non-hydrogen) atoms. The number of hydrogen-bond donors (Lipinski definition) is 0. The molecule has 0 radical (unpaired) electrons. The molecule has 0 fully saturated rings. The Hall–Kier alpha value is -1.49. The first-order chi connectivity index (χ1) is 14.5. The Morgan fingerprint density at radius 3 is 1.28 bits per heavy atom. The van der Waals surface area contributed by atoms with Crippen LogP contribution in [0.3, 0.4) is 0 Å². The number of carbonyl (C=O) groups is 1. The van der Waals surface area contributed by atoms with E-state index in [2.05, 4.69) is 13.2 Å². The lowest BCUT2D eigenvalue weighted by Crippen LogP contribution is -2.41. The normalized spacial score (nSPS) is 15.1. The van der Waals surface area contributed by atoms with Gasteiger partial charge in [0.05, 0.1) is 11.2 Å². The Balaban J connectivity index is 4.82. The molecule has 0 aromatic carbocycles. The third kappa shape index (κ3) is 13.1. The molecule has 0 bridgehead atoms. The molecule has 188 valence electrons. The maximum Gasteiger partial charge on any atom is 0.513 e. The minimum Gasteiger partial charge on any atom is -0.402 e. The van der Waals surface area contributed by atoms with Gasteiger partial charge in [-0.25, -0.2) is 14.6 Å². The summed E-state index contributed by atoms with van der Waals surface area (Å²) >= 11 is 0. The van der Waals surface area contributed by atoms with Crippen molar-refractivity contribution in [2.75, 3.05) is 0 Å². The number of carbonyl (C=O) groups excluding carboxylic acids is 1. The molecular formula is C23H42O9. The number of ether oxygens (including phenoxy) is 4. The Morgan fingerprint density at radius 1 is 0.719 bits per heavy atom. The number of hydrogen-bond acceptors (Lipinski definition) is 9. The summed E-state index contributed by atoms with van der Waals surface area (Å²) in [4.78, 5) is 33.6. The van der Waals surface area contributed by atoms with E-state index >= 15 is 0 Å². The van der Waals surface area contributed by atoms with E-state index in [1.165, 1.54) is 39.8 Å². The van der Waals surface area contributed by atoms with Crippen molar-refractivity contribution in [3.05, 3.63) is 25.3 Å². The highest BCUT2D eigenvalue weighted by molar-refractivity contribution is 5.60. The predicted octanol–water partition coefficient (Wildman–Crippen LogP) is 5.94. The maximum atomic E-state index is 12.3. The molecule has 0 N–H and O–H groups in total.